The Morgan fingerprint density at radius 2 is 1.50 bits per heavy atom. The first-order valence-corrected chi connectivity index (χ1v) is 6.85. The lowest BCUT2D eigenvalue weighted by Gasteiger charge is -2.19. The topological polar surface area (TPSA) is 51.8 Å². The van der Waals surface area contributed by atoms with Crippen LogP contribution in [0.4, 0.5) is 0 Å². The van der Waals surface area contributed by atoms with E-state index in [0.29, 0.717) is 6.42 Å². The molecule has 102 valence electrons. The summed E-state index contributed by atoms with van der Waals surface area (Å²) >= 11 is 0. The van der Waals surface area contributed by atoms with E-state index in [1.54, 1.807) is 0 Å². The molecule has 2 aromatic heterocycles. The van der Waals surface area contributed by atoms with E-state index < -0.39 is 0 Å². The summed E-state index contributed by atoms with van der Waals surface area (Å²) in [6, 6.07) is 16.5. The average Bonchev–Trinajstić information content (AvgIpc) is 3.15. The molecule has 0 unspecified atom stereocenters. The molecule has 0 aliphatic heterocycles. The lowest BCUT2D eigenvalue weighted by molar-refractivity contribution is 0.299. The Balaban J connectivity index is 2.11. The van der Waals surface area contributed by atoms with Gasteiger partial charge in [-0.05, 0) is 41.8 Å². The van der Waals surface area contributed by atoms with Gasteiger partial charge in [-0.2, -0.15) is 0 Å². The van der Waals surface area contributed by atoms with Crippen LogP contribution in [-0.2, 0) is 6.42 Å². The van der Waals surface area contributed by atoms with Gasteiger partial charge in [0.05, 0.1) is 5.92 Å². The second-order valence-electron chi connectivity index (χ2n) is 4.86. The zero-order valence-corrected chi connectivity index (χ0v) is 11.2. The molecule has 2 heterocycles. The van der Waals surface area contributed by atoms with Gasteiger partial charge in [0.15, 0.2) is 0 Å². The molecular formula is C17H18N2O. The van der Waals surface area contributed by atoms with E-state index in [0.717, 1.165) is 11.4 Å². The number of rotatable bonds is 5. The molecule has 0 fully saturated rings. The molecule has 3 aromatic rings. The van der Waals surface area contributed by atoms with Crippen molar-refractivity contribution < 1.29 is 5.11 Å². The van der Waals surface area contributed by atoms with E-state index in [1.165, 1.54) is 11.1 Å². The molecule has 3 heteroatoms. The first kappa shape index (κ1) is 12.8. The molecule has 3 nitrogen and oxygen atoms in total. The van der Waals surface area contributed by atoms with Gasteiger partial charge in [-0.25, -0.2) is 0 Å². The molecule has 0 atom stereocenters. The molecule has 0 spiro atoms. The number of nitrogens with one attached hydrogen (secondary N) is 2. The fourth-order valence-electron chi connectivity index (χ4n) is 2.71. The predicted octanol–water partition coefficient (Wildman–Crippen LogP) is 3.06. The third-order valence-electron chi connectivity index (χ3n) is 3.61. The predicted molar refractivity (Wildman–Crippen MR) is 79.8 cm³/mol. The van der Waals surface area contributed by atoms with E-state index in [1.807, 2.05) is 30.6 Å². The van der Waals surface area contributed by atoms with E-state index in [4.69, 9.17) is 0 Å². The van der Waals surface area contributed by atoms with Gasteiger partial charge in [-0.1, -0.05) is 24.3 Å². The summed E-state index contributed by atoms with van der Waals surface area (Å²) in [6.45, 7) is 0.166. The minimum Gasteiger partial charge on any atom is -0.396 e. The van der Waals surface area contributed by atoms with Gasteiger partial charge in [0.1, 0.15) is 0 Å². The normalized spacial score (nSPS) is 11.1. The highest BCUT2D eigenvalue weighted by Crippen LogP contribution is 2.32. The molecule has 0 aliphatic rings. The van der Waals surface area contributed by atoms with Crippen molar-refractivity contribution in [1.29, 1.82) is 0 Å². The fraction of sp³-hybridized carbons (Fsp3) is 0.176. The Morgan fingerprint density at radius 1 is 0.850 bits per heavy atom. The van der Waals surface area contributed by atoms with Crippen LogP contribution in [0.15, 0.2) is 60.9 Å². The zero-order valence-electron chi connectivity index (χ0n) is 11.2. The first-order valence-electron chi connectivity index (χ1n) is 6.85. The monoisotopic (exact) mass is 266 g/mol. The van der Waals surface area contributed by atoms with E-state index in [-0.39, 0.29) is 12.5 Å². The second kappa shape index (κ2) is 5.80. The number of hydrogen-bond donors (Lipinski definition) is 3. The molecular weight excluding hydrogens is 248 g/mol. The molecule has 0 radical (unpaired) electrons. The van der Waals surface area contributed by atoms with Crippen LogP contribution in [0.5, 0.6) is 0 Å². The van der Waals surface area contributed by atoms with Crippen molar-refractivity contribution in [1.82, 2.24) is 9.97 Å². The van der Waals surface area contributed by atoms with Crippen molar-refractivity contribution in [3.8, 4) is 0 Å². The van der Waals surface area contributed by atoms with Crippen LogP contribution in [-0.4, -0.2) is 21.7 Å². The maximum Gasteiger partial charge on any atom is 0.0644 e. The summed E-state index contributed by atoms with van der Waals surface area (Å²) in [5.74, 6) is 0.141. The van der Waals surface area contributed by atoms with Gasteiger partial charge in [0.2, 0.25) is 0 Å². The average molecular weight is 266 g/mol. The maximum atomic E-state index is 9.27. The molecule has 0 saturated heterocycles. The van der Waals surface area contributed by atoms with Crippen LogP contribution < -0.4 is 0 Å². The molecule has 0 bridgehead atoms. The molecule has 0 amide bonds. The van der Waals surface area contributed by atoms with Crippen LogP contribution in [0.2, 0.25) is 0 Å². The van der Waals surface area contributed by atoms with Crippen molar-refractivity contribution in [2.75, 3.05) is 6.61 Å². The summed E-state index contributed by atoms with van der Waals surface area (Å²) in [5, 5.41) is 9.27. The van der Waals surface area contributed by atoms with Gasteiger partial charge in [-0.3, -0.25) is 0 Å². The Labute approximate surface area is 118 Å². The second-order valence-corrected chi connectivity index (χ2v) is 4.86. The zero-order chi connectivity index (χ0) is 13.8. The number of hydrogen-bond acceptors (Lipinski definition) is 1. The number of aromatic amines is 2. The van der Waals surface area contributed by atoms with Crippen LogP contribution >= 0.6 is 0 Å². The van der Waals surface area contributed by atoms with Gasteiger partial charge < -0.3 is 15.1 Å². The van der Waals surface area contributed by atoms with E-state index in [2.05, 4.69) is 40.3 Å². The van der Waals surface area contributed by atoms with Crippen LogP contribution in [0.3, 0.4) is 0 Å². The Morgan fingerprint density at radius 3 is 2.05 bits per heavy atom. The summed E-state index contributed by atoms with van der Waals surface area (Å²) in [4.78, 5) is 6.62. The van der Waals surface area contributed by atoms with Crippen LogP contribution in [0.25, 0.3) is 0 Å². The van der Waals surface area contributed by atoms with Crippen molar-refractivity contribution in [2.45, 2.75) is 12.3 Å². The smallest absolute Gasteiger partial charge is 0.0644 e. The number of aliphatic hydroxyl groups excluding tert-OH is 1. The summed E-state index contributed by atoms with van der Waals surface area (Å²) in [5.41, 5.74) is 4.71. The highest BCUT2D eigenvalue weighted by Gasteiger charge is 2.20. The molecule has 3 N–H and O–H groups in total. The summed E-state index contributed by atoms with van der Waals surface area (Å²) < 4.78 is 0. The lowest BCUT2D eigenvalue weighted by Crippen LogP contribution is -2.08. The van der Waals surface area contributed by atoms with Gasteiger partial charge >= 0.3 is 0 Å². The number of aromatic nitrogens is 2. The Kier molecular flexibility index (Phi) is 3.70. The summed E-state index contributed by atoms with van der Waals surface area (Å²) in [7, 11) is 0. The van der Waals surface area contributed by atoms with Crippen LogP contribution in [0.1, 0.15) is 28.4 Å². The molecule has 0 saturated carbocycles. The lowest BCUT2D eigenvalue weighted by atomic mass is 9.88. The molecule has 3 rings (SSSR count). The number of benzene rings is 1. The van der Waals surface area contributed by atoms with Gasteiger partial charge in [0, 0.05) is 30.4 Å². The molecule has 0 aliphatic carbocycles. The highest BCUT2D eigenvalue weighted by atomic mass is 16.2. The highest BCUT2D eigenvalue weighted by molar-refractivity contribution is 5.42. The van der Waals surface area contributed by atoms with E-state index >= 15 is 0 Å². The Hall–Kier alpha value is -2.26. The maximum absolute atomic E-state index is 9.27. The minimum atomic E-state index is 0.141. The number of H-pyrrole nitrogens is 2. The minimum absolute atomic E-state index is 0.141. The molecule has 1 aromatic carbocycles. The van der Waals surface area contributed by atoms with Crippen molar-refractivity contribution >= 4 is 0 Å². The fourth-order valence-corrected chi connectivity index (χ4v) is 2.71. The van der Waals surface area contributed by atoms with E-state index in [9.17, 15) is 5.11 Å². The standard InChI is InChI=1S/C17H18N2O/c20-12-9-13-5-1-2-6-14(13)17(15-7-3-10-18-15)16-8-4-11-19-16/h1-8,10-11,17-20H,9,12H2. The van der Waals surface area contributed by atoms with Crippen molar-refractivity contribution in [3.05, 3.63) is 83.4 Å². The SMILES string of the molecule is OCCc1ccccc1C(c1ccc[nH]1)c1ccc[nH]1. The first-order chi connectivity index (χ1) is 9.90. The Bertz CT molecular complexity index is 607. The van der Waals surface area contributed by atoms with Crippen molar-refractivity contribution in [2.24, 2.45) is 0 Å². The third-order valence-corrected chi connectivity index (χ3v) is 3.61. The number of aliphatic hydroxyl groups is 1. The van der Waals surface area contributed by atoms with Gasteiger partial charge in [-0.15, -0.1) is 0 Å². The quantitative estimate of drug-likeness (QED) is 0.653. The largest absolute Gasteiger partial charge is 0.396 e. The molecule has 20 heavy (non-hydrogen) atoms. The van der Waals surface area contributed by atoms with Crippen LogP contribution in [0, 0.1) is 0 Å². The van der Waals surface area contributed by atoms with Crippen molar-refractivity contribution in [3.63, 3.8) is 0 Å². The third kappa shape index (κ3) is 2.40. The summed E-state index contributed by atoms with van der Waals surface area (Å²) in [6.07, 6.45) is 4.56. The van der Waals surface area contributed by atoms with Gasteiger partial charge in [0.25, 0.3) is 0 Å².